The van der Waals surface area contributed by atoms with Gasteiger partial charge in [0.2, 0.25) is 17.7 Å². The number of likely N-dealkylation sites (tertiary alicyclic amines) is 1. The van der Waals surface area contributed by atoms with E-state index in [9.17, 15) is 14.4 Å². The van der Waals surface area contributed by atoms with E-state index in [1.165, 1.54) is 11.2 Å². The lowest BCUT2D eigenvalue weighted by molar-refractivity contribution is -0.134. The molecule has 1 atom stereocenters. The van der Waals surface area contributed by atoms with Gasteiger partial charge in [-0.1, -0.05) is 0 Å². The molecule has 0 radical (unpaired) electrons. The highest BCUT2D eigenvalue weighted by molar-refractivity contribution is 5.96. The largest absolute Gasteiger partial charge is 0.472 e. The fourth-order valence-corrected chi connectivity index (χ4v) is 2.98. The molecule has 2 fully saturated rings. The number of amides is 4. The molecule has 0 aromatic carbocycles. The van der Waals surface area contributed by atoms with E-state index in [1.807, 2.05) is 0 Å². The first-order chi connectivity index (χ1) is 12.1. The summed E-state index contributed by atoms with van der Waals surface area (Å²) < 4.78 is 5.80. The summed E-state index contributed by atoms with van der Waals surface area (Å²) in [6.07, 6.45) is 5.19. The Morgan fingerprint density at radius 3 is 3.00 bits per heavy atom. The fraction of sp³-hybridized carbons (Fsp3) is 0.562. The summed E-state index contributed by atoms with van der Waals surface area (Å²) in [7, 11) is 0. The zero-order valence-corrected chi connectivity index (χ0v) is 13.9. The second kappa shape index (κ2) is 7.91. The molecule has 3 heterocycles. The van der Waals surface area contributed by atoms with Crippen molar-refractivity contribution in [2.75, 3.05) is 26.2 Å². The Kier molecular flexibility index (Phi) is 5.42. The Bertz CT molecular complexity index is 639. The van der Waals surface area contributed by atoms with Gasteiger partial charge in [0.05, 0.1) is 6.54 Å². The number of piperidine rings is 1. The number of aromatic nitrogens is 2. The quantitative estimate of drug-likeness (QED) is 0.815. The first kappa shape index (κ1) is 17.1. The standard InChI is InChI=1S/C16H21N5O4/c22-13-4-8-20(16(24)19-13)9-5-15(23)21-7-1-2-12(10-21)25-14-3-6-17-11-18-14/h3,6,11-12H,1-2,4-5,7-10H2,(H,19,22,24). The summed E-state index contributed by atoms with van der Waals surface area (Å²) in [5.41, 5.74) is 0. The van der Waals surface area contributed by atoms with Crippen LogP contribution in [-0.2, 0) is 9.59 Å². The van der Waals surface area contributed by atoms with E-state index in [2.05, 4.69) is 15.3 Å². The average molecular weight is 347 g/mol. The molecular formula is C16H21N5O4. The van der Waals surface area contributed by atoms with Crippen LogP contribution in [0.5, 0.6) is 5.88 Å². The molecule has 0 spiro atoms. The maximum absolute atomic E-state index is 12.4. The third-order valence-corrected chi connectivity index (χ3v) is 4.31. The van der Waals surface area contributed by atoms with Crippen LogP contribution >= 0.6 is 0 Å². The molecule has 0 saturated carbocycles. The van der Waals surface area contributed by atoms with Crippen LogP contribution in [0.4, 0.5) is 4.79 Å². The summed E-state index contributed by atoms with van der Waals surface area (Å²) >= 11 is 0. The molecule has 134 valence electrons. The van der Waals surface area contributed by atoms with Crippen molar-refractivity contribution in [1.82, 2.24) is 25.1 Å². The van der Waals surface area contributed by atoms with Gasteiger partial charge in [0.15, 0.2) is 0 Å². The molecule has 9 heteroatoms. The topological polar surface area (TPSA) is 105 Å². The van der Waals surface area contributed by atoms with Crippen molar-refractivity contribution in [2.24, 2.45) is 0 Å². The highest BCUT2D eigenvalue weighted by atomic mass is 16.5. The number of ether oxygens (including phenoxy) is 1. The lowest BCUT2D eigenvalue weighted by atomic mass is 10.1. The monoisotopic (exact) mass is 347 g/mol. The van der Waals surface area contributed by atoms with E-state index in [1.54, 1.807) is 17.2 Å². The molecule has 4 amide bonds. The summed E-state index contributed by atoms with van der Waals surface area (Å²) in [5.74, 6) is 0.220. The molecule has 2 saturated heterocycles. The third kappa shape index (κ3) is 4.65. The number of carbonyl (C=O) groups excluding carboxylic acids is 3. The molecule has 0 bridgehead atoms. The van der Waals surface area contributed by atoms with Crippen molar-refractivity contribution >= 4 is 17.8 Å². The fourth-order valence-electron chi connectivity index (χ4n) is 2.98. The molecule has 3 rings (SSSR count). The molecule has 0 aliphatic carbocycles. The number of nitrogens with zero attached hydrogens (tertiary/aromatic N) is 4. The second-order valence-electron chi connectivity index (χ2n) is 6.11. The Balaban J connectivity index is 1.47. The number of carbonyl (C=O) groups is 3. The number of urea groups is 1. The normalized spacial score (nSPS) is 21.0. The van der Waals surface area contributed by atoms with Gasteiger partial charge in [-0.05, 0) is 12.8 Å². The van der Waals surface area contributed by atoms with Gasteiger partial charge in [-0.3, -0.25) is 14.9 Å². The van der Waals surface area contributed by atoms with E-state index < -0.39 is 6.03 Å². The van der Waals surface area contributed by atoms with Crippen molar-refractivity contribution in [3.63, 3.8) is 0 Å². The minimum Gasteiger partial charge on any atom is -0.472 e. The van der Waals surface area contributed by atoms with Crippen molar-refractivity contribution in [2.45, 2.75) is 31.8 Å². The number of hydrogen-bond acceptors (Lipinski definition) is 6. The lowest BCUT2D eigenvalue weighted by Crippen LogP contribution is -2.51. The lowest BCUT2D eigenvalue weighted by Gasteiger charge is -2.33. The number of nitrogens with one attached hydrogen (secondary N) is 1. The van der Waals surface area contributed by atoms with Gasteiger partial charge in [0.25, 0.3) is 0 Å². The van der Waals surface area contributed by atoms with Gasteiger partial charge >= 0.3 is 6.03 Å². The maximum Gasteiger partial charge on any atom is 0.324 e. The Labute approximate surface area is 145 Å². The third-order valence-electron chi connectivity index (χ3n) is 4.31. The van der Waals surface area contributed by atoms with Gasteiger partial charge in [-0.25, -0.2) is 14.8 Å². The van der Waals surface area contributed by atoms with Crippen LogP contribution in [0.2, 0.25) is 0 Å². The Morgan fingerprint density at radius 2 is 2.24 bits per heavy atom. The van der Waals surface area contributed by atoms with Crippen LogP contribution in [0, 0.1) is 0 Å². The summed E-state index contributed by atoms with van der Waals surface area (Å²) in [6.45, 7) is 1.87. The summed E-state index contributed by atoms with van der Waals surface area (Å²) in [5, 5.41) is 2.26. The van der Waals surface area contributed by atoms with Gasteiger partial charge < -0.3 is 14.5 Å². The van der Waals surface area contributed by atoms with Gasteiger partial charge in [0.1, 0.15) is 12.4 Å². The Morgan fingerprint density at radius 1 is 1.36 bits per heavy atom. The maximum atomic E-state index is 12.4. The van der Waals surface area contributed by atoms with E-state index in [0.717, 1.165) is 12.8 Å². The van der Waals surface area contributed by atoms with Crippen molar-refractivity contribution < 1.29 is 19.1 Å². The minimum absolute atomic E-state index is 0.0133. The second-order valence-corrected chi connectivity index (χ2v) is 6.11. The number of rotatable bonds is 5. The highest BCUT2D eigenvalue weighted by Crippen LogP contribution is 2.17. The van der Waals surface area contributed by atoms with Crippen molar-refractivity contribution in [1.29, 1.82) is 0 Å². The summed E-state index contributed by atoms with van der Waals surface area (Å²) in [6, 6.07) is 1.27. The average Bonchev–Trinajstić information content (AvgIpc) is 2.62. The van der Waals surface area contributed by atoms with Crippen LogP contribution in [0.1, 0.15) is 25.7 Å². The van der Waals surface area contributed by atoms with Gasteiger partial charge in [-0.15, -0.1) is 0 Å². The number of imide groups is 1. The SMILES string of the molecule is O=C1CCN(CCC(=O)N2CCCC(Oc3ccncn3)C2)C(=O)N1. The molecule has 1 unspecified atom stereocenters. The molecule has 9 nitrogen and oxygen atoms in total. The van der Waals surface area contributed by atoms with E-state index >= 15 is 0 Å². The molecule has 2 aliphatic heterocycles. The first-order valence-electron chi connectivity index (χ1n) is 8.41. The molecule has 1 aromatic heterocycles. The van der Waals surface area contributed by atoms with E-state index in [0.29, 0.717) is 32.1 Å². The van der Waals surface area contributed by atoms with Gasteiger partial charge in [-0.2, -0.15) is 0 Å². The van der Waals surface area contributed by atoms with Gasteiger partial charge in [0, 0.05) is 44.7 Å². The molecule has 25 heavy (non-hydrogen) atoms. The number of hydrogen-bond donors (Lipinski definition) is 1. The smallest absolute Gasteiger partial charge is 0.324 e. The van der Waals surface area contributed by atoms with Crippen LogP contribution in [0.3, 0.4) is 0 Å². The Hall–Kier alpha value is -2.71. The van der Waals surface area contributed by atoms with Crippen LogP contribution in [-0.4, -0.2) is 69.9 Å². The van der Waals surface area contributed by atoms with E-state index in [4.69, 9.17) is 4.74 Å². The predicted molar refractivity (Wildman–Crippen MR) is 86.6 cm³/mol. The van der Waals surface area contributed by atoms with E-state index in [-0.39, 0.29) is 30.8 Å². The highest BCUT2D eigenvalue weighted by Gasteiger charge is 2.27. The predicted octanol–water partition coefficient (Wildman–Crippen LogP) is 0.178. The molecule has 1 aromatic rings. The molecule has 2 aliphatic rings. The zero-order chi connectivity index (χ0) is 17.6. The van der Waals surface area contributed by atoms with Crippen LogP contribution in [0.15, 0.2) is 18.6 Å². The molecular weight excluding hydrogens is 326 g/mol. The first-order valence-corrected chi connectivity index (χ1v) is 8.41. The summed E-state index contributed by atoms with van der Waals surface area (Å²) in [4.78, 5) is 46.4. The minimum atomic E-state index is -0.423. The molecule has 1 N–H and O–H groups in total. The zero-order valence-electron chi connectivity index (χ0n) is 13.9. The van der Waals surface area contributed by atoms with Crippen molar-refractivity contribution in [3.05, 3.63) is 18.6 Å². The van der Waals surface area contributed by atoms with Crippen molar-refractivity contribution in [3.8, 4) is 5.88 Å². The van der Waals surface area contributed by atoms with Crippen LogP contribution < -0.4 is 10.1 Å². The van der Waals surface area contributed by atoms with Crippen LogP contribution in [0.25, 0.3) is 0 Å².